The van der Waals surface area contributed by atoms with Crippen LogP contribution >= 0.6 is 0 Å². The molecule has 4 N–H and O–H groups in total. The van der Waals surface area contributed by atoms with Crippen molar-refractivity contribution in [3.05, 3.63) is 155 Å². The lowest BCUT2D eigenvalue weighted by atomic mass is 9.88. The molecule has 51 heavy (non-hydrogen) atoms. The van der Waals surface area contributed by atoms with Gasteiger partial charge in [0.05, 0.1) is 5.54 Å². The standard InChI is InChI=1S/C21H22F2N2O.C20H20F2N2O/c1-21(2,24)20(26)25-12-15(14-6-4-3-5-7-14)10-16(13-25)18-11-17(22)8-9-19(18)23;21-17-6-7-19(22)18(11-17)16-10-15(14-4-2-1-3-5-14)12-24(13-16)20(25)8-9-23/h3-11,15H,12-13,24H2,1-2H3;1-7,10-11,15H,8-9,12-13,23H2. The molecule has 2 aliphatic rings. The molecule has 6 rings (SSSR count). The summed E-state index contributed by atoms with van der Waals surface area (Å²) in [5.41, 5.74) is 14.1. The normalized spacial score (nSPS) is 17.6. The zero-order valence-electron chi connectivity index (χ0n) is 28.7. The summed E-state index contributed by atoms with van der Waals surface area (Å²) in [7, 11) is 0. The third kappa shape index (κ3) is 9.39. The fourth-order valence-corrected chi connectivity index (χ4v) is 6.39. The predicted molar refractivity (Wildman–Crippen MR) is 192 cm³/mol. The van der Waals surface area contributed by atoms with Crippen molar-refractivity contribution < 1.29 is 27.2 Å². The minimum atomic E-state index is -1.04. The lowest BCUT2D eigenvalue weighted by molar-refractivity contribution is -0.135. The Morgan fingerprint density at radius 3 is 1.55 bits per heavy atom. The van der Waals surface area contributed by atoms with Gasteiger partial charge in [-0.2, -0.15) is 0 Å². The predicted octanol–water partition coefficient (Wildman–Crippen LogP) is 7.03. The van der Waals surface area contributed by atoms with E-state index >= 15 is 0 Å². The molecule has 2 atom stereocenters. The molecule has 4 aromatic rings. The van der Waals surface area contributed by atoms with Crippen LogP contribution in [0.25, 0.3) is 11.1 Å². The van der Waals surface area contributed by atoms with Crippen LogP contribution in [-0.4, -0.2) is 59.9 Å². The largest absolute Gasteiger partial charge is 0.337 e. The van der Waals surface area contributed by atoms with E-state index in [0.29, 0.717) is 24.2 Å². The molecule has 2 amide bonds. The van der Waals surface area contributed by atoms with Gasteiger partial charge >= 0.3 is 0 Å². The molecule has 0 spiro atoms. The Hall–Kier alpha value is -5.06. The highest BCUT2D eigenvalue weighted by Gasteiger charge is 2.33. The molecular weight excluding hydrogens is 656 g/mol. The van der Waals surface area contributed by atoms with E-state index in [4.69, 9.17) is 11.5 Å². The second-order valence-electron chi connectivity index (χ2n) is 13.4. The summed E-state index contributed by atoms with van der Waals surface area (Å²) in [5.74, 6) is -2.51. The molecule has 10 heteroatoms. The topological polar surface area (TPSA) is 92.7 Å². The highest BCUT2D eigenvalue weighted by Crippen LogP contribution is 2.33. The van der Waals surface area contributed by atoms with Crippen molar-refractivity contribution in [2.24, 2.45) is 11.5 Å². The maximum Gasteiger partial charge on any atom is 0.242 e. The minimum Gasteiger partial charge on any atom is -0.337 e. The number of carbonyl (C=O) groups is 2. The van der Waals surface area contributed by atoms with E-state index in [1.807, 2.05) is 72.8 Å². The first-order valence-corrected chi connectivity index (χ1v) is 16.8. The van der Waals surface area contributed by atoms with Crippen molar-refractivity contribution in [2.75, 3.05) is 32.7 Å². The molecule has 0 saturated heterocycles. The zero-order valence-corrected chi connectivity index (χ0v) is 28.7. The summed E-state index contributed by atoms with van der Waals surface area (Å²) in [5, 5.41) is 0. The highest BCUT2D eigenvalue weighted by atomic mass is 19.1. The van der Waals surface area contributed by atoms with Crippen LogP contribution in [0.4, 0.5) is 17.6 Å². The molecule has 0 radical (unpaired) electrons. The maximum atomic E-state index is 14.3. The monoisotopic (exact) mass is 698 g/mol. The highest BCUT2D eigenvalue weighted by molar-refractivity contribution is 5.88. The molecule has 6 nitrogen and oxygen atoms in total. The van der Waals surface area contributed by atoms with Crippen molar-refractivity contribution in [1.82, 2.24) is 9.80 Å². The van der Waals surface area contributed by atoms with Crippen molar-refractivity contribution in [2.45, 2.75) is 37.6 Å². The van der Waals surface area contributed by atoms with Gasteiger partial charge in [-0.1, -0.05) is 72.8 Å². The second-order valence-corrected chi connectivity index (χ2v) is 13.4. The molecule has 2 unspecified atom stereocenters. The van der Waals surface area contributed by atoms with Gasteiger partial charge in [0.25, 0.3) is 0 Å². The first-order chi connectivity index (χ1) is 24.3. The Morgan fingerprint density at radius 2 is 1.12 bits per heavy atom. The van der Waals surface area contributed by atoms with Gasteiger partial charge < -0.3 is 21.3 Å². The average molecular weight is 699 g/mol. The molecule has 2 heterocycles. The Labute approximate surface area is 296 Å². The van der Waals surface area contributed by atoms with E-state index in [0.717, 1.165) is 35.4 Å². The SMILES string of the molecule is CC(C)(N)C(=O)N1CC(c2cc(F)ccc2F)=CC(c2ccccc2)C1.NCCC(=O)N1CC(c2cc(F)ccc2F)=CC(c2ccccc2)C1. The fraction of sp³-hybridized carbons (Fsp3) is 0.268. The number of hydrogen-bond acceptors (Lipinski definition) is 4. The van der Waals surface area contributed by atoms with Crippen molar-refractivity contribution in [1.29, 1.82) is 0 Å². The fourth-order valence-electron chi connectivity index (χ4n) is 6.39. The number of nitrogens with zero attached hydrogens (tertiary/aromatic N) is 2. The molecule has 0 aromatic heterocycles. The number of nitrogens with two attached hydrogens (primary N) is 2. The van der Waals surface area contributed by atoms with E-state index in [1.165, 1.54) is 12.1 Å². The number of rotatable bonds is 7. The molecular formula is C41H42F4N4O2. The lowest BCUT2D eigenvalue weighted by Gasteiger charge is -2.36. The average Bonchev–Trinajstić information content (AvgIpc) is 3.13. The molecule has 0 fully saturated rings. The lowest BCUT2D eigenvalue weighted by Crippen LogP contribution is -2.53. The zero-order chi connectivity index (χ0) is 36.7. The van der Waals surface area contributed by atoms with E-state index in [-0.39, 0.29) is 60.8 Å². The van der Waals surface area contributed by atoms with Crippen LogP contribution in [0.1, 0.15) is 54.4 Å². The number of amides is 2. The first kappa shape index (κ1) is 37.2. The van der Waals surface area contributed by atoms with Crippen LogP contribution < -0.4 is 11.5 Å². The van der Waals surface area contributed by atoms with E-state index in [1.54, 1.807) is 23.6 Å². The quantitative estimate of drug-likeness (QED) is 0.203. The number of halogens is 4. The van der Waals surface area contributed by atoms with E-state index < -0.39 is 28.8 Å². The van der Waals surface area contributed by atoms with E-state index in [9.17, 15) is 27.2 Å². The summed E-state index contributed by atoms with van der Waals surface area (Å²) in [6.07, 6.45) is 4.08. The molecule has 2 aliphatic heterocycles. The Bertz CT molecular complexity index is 1910. The molecule has 4 aromatic carbocycles. The van der Waals surface area contributed by atoms with E-state index in [2.05, 4.69) is 0 Å². The van der Waals surface area contributed by atoms with Gasteiger partial charge in [-0.3, -0.25) is 9.59 Å². The molecule has 0 saturated carbocycles. The van der Waals surface area contributed by atoms with Gasteiger partial charge in [-0.05, 0) is 72.5 Å². The summed E-state index contributed by atoms with van der Waals surface area (Å²) in [6.45, 7) is 4.96. The van der Waals surface area contributed by atoms with Crippen LogP contribution in [0.3, 0.4) is 0 Å². The Balaban J connectivity index is 0.000000198. The van der Waals surface area contributed by atoms with Gasteiger partial charge in [-0.25, -0.2) is 17.6 Å². The number of benzene rings is 4. The summed E-state index contributed by atoms with van der Waals surface area (Å²) in [4.78, 5) is 28.4. The molecule has 0 bridgehead atoms. The van der Waals surface area contributed by atoms with Crippen LogP contribution in [0.2, 0.25) is 0 Å². The molecule has 266 valence electrons. The Morgan fingerprint density at radius 1 is 0.686 bits per heavy atom. The van der Waals surface area contributed by atoms with Crippen LogP contribution in [-0.2, 0) is 9.59 Å². The Kier molecular flexibility index (Phi) is 11.9. The van der Waals surface area contributed by atoms with Crippen LogP contribution in [0.15, 0.2) is 109 Å². The third-order valence-corrected chi connectivity index (χ3v) is 8.91. The van der Waals surface area contributed by atoms with Crippen molar-refractivity contribution in [3.8, 4) is 0 Å². The number of carbonyl (C=O) groups excluding carboxylic acids is 2. The van der Waals surface area contributed by atoms with Gasteiger partial charge in [0.15, 0.2) is 0 Å². The van der Waals surface area contributed by atoms with Crippen LogP contribution in [0.5, 0.6) is 0 Å². The van der Waals surface area contributed by atoms with Crippen LogP contribution in [0, 0.1) is 23.3 Å². The minimum absolute atomic E-state index is 0.0747. The third-order valence-electron chi connectivity index (χ3n) is 8.91. The number of hydrogen-bond donors (Lipinski definition) is 2. The summed E-state index contributed by atoms with van der Waals surface area (Å²) in [6, 6.07) is 26.1. The van der Waals surface area contributed by atoms with Gasteiger partial charge in [0.1, 0.15) is 23.3 Å². The van der Waals surface area contributed by atoms with Gasteiger partial charge in [-0.15, -0.1) is 0 Å². The van der Waals surface area contributed by atoms with Crippen molar-refractivity contribution >= 4 is 23.0 Å². The summed E-state index contributed by atoms with van der Waals surface area (Å²) >= 11 is 0. The first-order valence-electron chi connectivity index (χ1n) is 16.8. The maximum absolute atomic E-state index is 14.3. The van der Waals surface area contributed by atoms with Crippen molar-refractivity contribution in [3.63, 3.8) is 0 Å². The van der Waals surface area contributed by atoms with Gasteiger partial charge in [0, 0.05) is 62.1 Å². The summed E-state index contributed by atoms with van der Waals surface area (Å²) < 4.78 is 55.8. The smallest absolute Gasteiger partial charge is 0.242 e. The molecule has 0 aliphatic carbocycles. The van der Waals surface area contributed by atoms with Gasteiger partial charge in [0.2, 0.25) is 11.8 Å². The second kappa shape index (κ2) is 16.3.